The van der Waals surface area contributed by atoms with E-state index in [1.54, 1.807) is 48.5 Å². The molecule has 0 fully saturated rings. The number of likely N-dealkylation sites (N-methyl/N-ethyl adjacent to an activating group) is 1. The Hall–Kier alpha value is -4.19. The van der Waals surface area contributed by atoms with Crippen molar-refractivity contribution in [3.05, 3.63) is 96.2 Å². The highest BCUT2D eigenvalue weighted by Crippen LogP contribution is 2.36. The van der Waals surface area contributed by atoms with Gasteiger partial charge in [0.25, 0.3) is 11.8 Å². The van der Waals surface area contributed by atoms with Gasteiger partial charge in [0.05, 0.1) is 11.3 Å². The summed E-state index contributed by atoms with van der Waals surface area (Å²) < 4.78 is 0. The largest absolute Gasteiger partial charge is 0.337 e. The second-order valence-corrected chi connectivity index (χ2v) is 7.34. The number of benzene rings is 3. The van der Waals surface area contributed by atoms with Gasteiger partial charge in [0.15, 0.2) is 0 Å². The van der Waals surface area contributed by atoms with Crippen LogP contribution in [0.1, 0.15) is 19.4 Å². The quantitative estimate of drug-likeness (QED) is 0.592. The highest BCUT2D eigenvalue weighted by molar-refractivity contribution is 6.46. The fraction of sp³-hybridized carbons (Fsp3) is 0.115. The average Bonchev–Trinajstić information content (AvgIpc) is 3.06. The summed E-state index contributed by atoms with van der Waals surface area (Å²) in [6.45, 7) is 3.89. The molecule has 6 heteroatoms. The Morgan fingerprint density at radius 2 is 1.44 bits per heavy atom. The minimum absolute atomic E-state index is 0.179. The molecule has 160 valence electrons. The molecule has 1 heterocycles. The third-order valence-corrected chi connectivity index (χ3v) is 5.22. The lowest BCUT2D eigenvalue weighted by Crippen LogP contribution is -2.35. The number of imide groups is 1. The summed E-state index contributed by atoms with van der Waals surface area (Å²) in [5, 5.41) is 2.72. The van der Waals surface area contributed by atoms with Crippen LogP contribution in [0, 0.1) is 0 Å². The number of hydrogen-bond acceptors (Lipinski definition) is 4. The van der Waals surface area contributed by atoms with Crippen molar-refractivity contribution < 1.29 is 14.4 Å². The fourth-order valence-electron chi connectivity index (χ4n) is 3.84. The predicted octanol–water partition coefficient (Wildman–Crippen LogP) is 4.46. The first kappa shape index (κ1) is 21.1. The monoisotopic (exact) mass is 425 g/mol. The van der Waals surface area contributed by atoms with Gasteiger partial charge in [-0.2, -0.15) is 0 Å². The number of rotatable bonds is 6. The highest BCUT2D eigenvalue weighted by Gasteiger charge is 2.42. The molecule has 4 rings (SSSR count). The lowest BCUT2D eigenvalue weighted by atomic mass is 10.0. The lowest BCUT2D eigenvalue weighted by Gasteiger charge is -2.25. The molecule has 0 radical (unpaired) electrons. The van der Waals surface area contributed by atoms with E-state index in [-0.39, 0.29) is 17.7 Å². The van der Waals surface area contributed by atoms with E-state index in [4.69, 9.17) is 0 Å². The first-order chi connectivity index (χ1) is 15.5. The third-order valence-electron chi connectivity index (χ3n) is 5.22. The van der Waals surface area contributed by atoms with Crippen molar-refractivity contribution in [1.82, 2.24) is 0 Å². The molecular weight excluding hydrogens is 402 g/mol. The number of para-hydroxylation sites is 2. The summed E-state index contributed by atoms with van der Waals surface area (Å²) in [6.07, 6.45) is 0. The number of hydrogen-bond donors (Lipinski definition) is 1. The second-order valence-electron chi connectivity index (χ2n) is 7.34. The molecular formula is C26H23N3O3. The van der Waals surface area contributed by atoms with Crippen LogP contribution >= 0.6 is 0 Å². The first-order valence-corrected chi connectivity index (χ1v) is 10.4. The fourth-order valence-corrected chi connectivity index (χ4v) is 3.84. The van der Waals surface area contributed by atoms with Gasteiger partial charge >= 0.3 is 0 Å². The third kappa shape index (κ3) is 3.90. The van der Waals surface area contributed by atoms with Crippen molar-refractivity contribution in [3.8, 4) is 0 Å². The smallest absolute Gasteiger partial charge is 0.282 e. The van der Waals surface area contributed by atoms with E-state index < -0.39 is 0 Å². The molecule has 6 nitrogen and oxygen atoms in total. The molecule has 1 aliphatic rings. The van der Waals surface area contributed by atoms with Crippen LogP contribution in [0.3, 0.4) is 0 Å². The number of nitrogens with zero attached hydrogens (tertiary/aromatic N) is 2. The Morgan fingerprint density at radius 1 is 0.844 bits per heavy atom. The summed E-state index contributed by atoms with van der Waals surface area (Å²) in [7, 11) is 0. The van der Waals surface area contributed by atoms with Gasteiger partial charge in [-0.05, 0) is 48.9 Å². The van der Waals surface area contributed by atoms with Crippen molar-refractivity contribution in [1.29, 1.82) is 0 Å². The SMILES string of the molecule is CCN(C1=C(c2ccc(NC(C)=O)cc2)C(=O)N(c2ccccc2)C1=O)c1ccccc1. The molecule has 0 saturated carbocycles. The lowest BCUT2D eigenvalue weighted by molar-refractivity contribution is -0.120. The van der Waals surface area contributed by atoms with Gasteiger partial charge in [-0.25, -0.2) is 4.90 Å². The summed E-state index contributed by atoms with van der Waals surface area (Å²) in [6, 6.07) is 25.4. The minimum Gasteiger partial charge on any atom is -0.337 e. The van der Waals surface area contributed by atoms with Crippen molar-refractivity contribution in [2.24, 2.45) is 0 Å². The van der Waals surface area contributed by atoms with Crippen molar-refractivity contribution in [2.75, 3.05) is 21.7 Å². The Kier molecular flexibility index (Phi) is 5.85. The standard InChI is InChI=1S/C26H23N3O3/c1-3-28(21-10-6-4-7-11-21)24-23(19-14-16-20(17-15-19)27-18(2)30)25(31)29(26(24)32)22-12-8-5-9-13-22/h4-17H,3H2,1-2H3,(H,27,30). The molecule has 0 atom stereocenters. The highest BCUT2D eigenvalue weighted by atomic mass is 16.2. The molecule has 1 N–H and O–H groups in total. The average molecular weight is 425 g/mol. The van der Waals surface area contributed by atoms with Gasteiger partial charge in [0.2, 0.25) is 5.91 Å². The zero-order valence-corrected chi connectivity index (χ0v) is 17.9. The molecule has 32 heavy (non-hydrogen) atoms. The second kappa shape index (κ2) is 8.89. The Balaban J connectivity index is 1.86. The van der Waals surface area contributed by atoms with Crippen LogP contribution in [0.4, 0.5) is 17.1 Å². The van der Waals surface area contributed by atoms with E-state index in [2.05, 4.69) is 5.32 Å². The number of carbonyl (C=O) groups excluding carboxylic acids is 3. The summed E-state index contributed by atoms with van der Waals surface area (Å²) in [5.74, 6) is -0.924. The van der Waals surface area contributed by atoms with Gasteiger partial charge < -0.3 is 10.2 Å². The molecule has 3 aromatic rings. The van der Waals surface area contributed by atoms with E-state index in [1.807, 2.05) is 48.2 Å². The van der Waals surface area contributed by atoms with Crippen molar-refractivity contribution in [2.45, 2.75) is 13.8 Å². The Labute approximate surface area is 186 Å². The van der Waals surface area contributed by atoms with Crippen molar-refractivity contribution in [3.63, 3.8) is 0 Å². The van der Waals surface area contributed by atoms with E-state index >= 15 is 0 Å². The zero-order valence-electron chi connectivity index (χ0n) is 17.9. The number of nitrogens with one attached hydrogen (secondary N) is 1. The van der Waals surface area contributed by atoms with Crippen LogP contribution in [-0.4, -0.2) is 24.3 Å². The molecule has 0 aromatic heterocycles. The number of carbonyl (C=O) groups is 3. The van der Waals surface area contributed by atoms with Crippen LogP contribution < -0.4 is 15.1 Å². The molecule has 1 aliphatic heterocycles. The number of anilines is 3. The zero-order chi connectivity index (χ0) is 22.7. The summed E-state index contributed by atoms with van der Waals surface area (Å²) in [4.78, 5) is 41.7. The molecule has 0 bridgehead atoms. The van der Waals surface area contributed by atoms with Crippen LogP contribution in [0.5, 0.6) is 0 Å². The van der Waals surface area contributed by atoms with Gasteiger partial charge in [-0.1, -0.05) is 48.5 Å². The first-order valence-electron chi connectivity index (χ1n) is 10.4. The van der Waals surface area contributed by atoms with Crippen LogP contribution in [0.2, 0.25) is 0 Å². The summed E-state index contributed by atoms with van der Waals surface area (Å²) in [5.41, 5.74) is 3.25. The molecule has 3 aromatic carbocycles. The minimum atomic E-state index is -0.377. The Bertz CT molecular complexity index is 1190. The van der Waals surface area contributed by atoms with E-state index in [0.717, 1.165) is 5.69 Å². The van der Waals surface area contributed by atoms with E-state index in [0.29, 0.717) is 34.8 Å². The maximum Gasteiger partial charge on any atom is 0.282 e. The van der Waals surface area contributed by atoms with Crippen LogP contribution in [0.15, 0.2) is 90.6 Å². The van der Waals surface area contributed by atoms with Gasteiger partial charge in [0.1, 0.15) is 5.70 Å². The topological polar surface area (TPSA) is 69.7 Å². The number of amides is 3. The predicted molar refractivity (Wildman–Crippen MR) is 126 cm³/mol. The molecule has 3 amide bonds. The van der Waals surface area contributed by atoms with Gasteiger partial charge in [-0.15, -0.1) is 0 Å². The molecule has 0 aliphatic carbocycles. The Morgan fingerprint density at radius 3 is 2.00 bits per heavy atom. The van der Waals surface area contributed by atoms with E-state index in [9.17, 15) is 14.4 Å². The molecule has 0 spiro atoms. The van der Waals surface area contributed by atoms with Gasteiger partial charge in [0, 0.05) is 24.8 Å². The molecule has 0 saturated heterocycles. The van der Waals surface area contributed by atoms with E-state index in [1.165, 1.54) is 11.8 Å². The summed E-state index contributed by atoms with van der Waals surface area (Å²) >= 11 is 0. The van der Waals surface area contributed by atoms with Gasteiger partial charge in [-0.3, -0.25) is 14.4 Å². The van der Waals surface area contributed by atoms with Crippen LogP contribution in [0.25, 0.3) is 5.57 Å². The maximum atomic E-state index is 13.6. The maximum absolute atomic E-state index is 13.6. The molecule has 0 unspecified atom stereocenters. The van der Waals surface area contributed by atoms with Crippen LogP contribution in [-0.2, 0) is 14.4 Å². The normalized spacial score (nSPS) is 13.5. The van der Waals surface area contributed by atoms with Crippen molar-refractivity contribution >= 4 is 40.4 Å².